The molecule has 2 aromatic rings. The third-order valence-electron chi connectivity index (χ3n) is 3.70. The third kappa shape index (κ3) is 3.33. The second-order valence-electron chi connectivity index (χ2n) is 5.16. The number of anilines is 1. The molecule has 3 nitrogen and oxygen atoms in total. The van der Waals surface area contributed by atoms with Gasteiger partial charge in [-0.1, -0.05) is 6.07 Å². The van der Waals surface area contributed by atoms with E-state index in [2.05, 4.69) is 0 Å². The summed E-state index contributed by atoms with van der Waals surface area (Å²) in [5, 5.41) is 10.9. The highest BCUT2D eigenvalue weighted by Gasteiger charge is 2.36. The maximum absolute atomic E-state index is 13.3. The van der Waals surface area contributed by atoms with Crippen LogP contribution in [0.5, 0.6) is 0 Å². The highest BCUT2D eigenvalue weighted by molar-refractivity contribution is 7.10. The Kier molecular flexibility index (Phi) is 4.28. The SMILES string of the molecule is N#Cc1ccc(C(F)(F)F)c(N2CCOC(c3cccs3)C2)c1. The zero-order valence-electron chi connectivity index (χ0n) is 12.0. The molecule has 0 N–H and O–H groups in total. The molecular formula is C16H13F3N2OS. The summed E-state index contributed by atoms with van der Waals surface area (Å²) in [4.78, 5) is 2.64. The van der Waals surface area contributed by atoms with Gasteiger partial charge in [-0.15, -0.1) is 11.3 Å². The van der Waals surface area contributed by atoms with E-state index in [4.69, 9.17) is 10.00 Å². The zero-order valence-corrected chi connectivity index (χ0v) is 12.8. The van der Waals surface area contributed by atoms with Crippen molar-refractivity contribution < 1.29 is 17.9 Å². The zero-order chi connectivity index (χ0) is 16.4. The molecule has 0 spiro atoms. The molecule has 1 fully saturated rings. The molecular weight excluding hydrogens is 325 g/mol. The van der Waals surface area contributed by atoms with Crippen LogP contribution in [0.15, 0.2) is 35.7 Å². The molecule has 0 bridgehead atoms. The summed E-state index contributed by atoms with van der Waals surface area (Å²) in [6.45, 7) is 1.04. The van der Waals surface area contributed by atoms with Crippen LogP contribution in [0.3, 0.4) is 0 Å². The molecule has 0 aliphatic carbocycles. The summed E-state index contributed by atoms with van der Waals surface area (Å²) in [6, 6.07) is 9.18. The van der Waals surface area contributed by atoms with Gasteiger partial charge in [-0.25, -0.2) is 0 Å². The number of halogens is 3. The molecule has 1 aromatic carbocycles. The minimum Gasteiger partial charge on any atom is -0.369 e. The predicted octanol–water partition coefficient (Wildman–Crippen LogP) is 4.22. The first kappa shape index (κ1) is 15.8. The molecule has 0 saturated carbocycles. The van der Waals surface area contributed by atoms with Gasteiger partial charge < -0.3 is 9.64 Å². The second-order valence-corrected chi connectivity index (χ2v) is 6.14. The summed E-state index contributed by atoms with van der Waals surface area (Å²) in [7, 11) is 0. The van der Waals surface area contributed by atoms with Crippen molar-refractivity contribution in [1.82, 2.24) is 0 Å². The van der Waals surface area contributed by atoms with Gasteiger partial charge in [0.05, 0.1) is 29.5 Å². The van der Waals surface area contributed by atoms with E-state index in [1.54, 1.807) is 4.90 Å². The van der Waals surface area contributed by atoms with E-state index >= 15 is 0 Å². The van der Waals surface area contributed by atoms with Gasteiger partial charge in [0.15, 0.2) is 0 Å². The molecule has 120 valence electrons. The van der Waals surface area contributed by atoms with Crippen molar-refractivity contribution in [2.45, 2.75) is 12.3 Å². The maximum atomic E-state index is 13.3. The average molecular weight is 338 g/mol. The molecule has 1 aliphatic rings. The standard InChI is InChI=1S/C16H13F3N2OS/c17-16(18,19)12-4-3-11(9-20)8-13(12)21-5-6-22-14(10-21)15-2-1-7-23-15/h1-4,7-8,14H,5-6,10H2. The monoisotopic (exact) mass is 338 g/mol. The number of nitriles is 1. The van der Waals surface area contributed by atoms with E-state index in [0.717, 1.165) is 10.9 Å². The summed E-state index contributed by atoms with van der Waals surface area (Å²) in [5.41, 5.74) is -0.461. The van der Waals surface area contributed by atoms with Gasteiger partial charge in [-0.05, 0) is 29.6 Å². The van der Waals surface area contributed by atoms with Gasteiger partial charge in [0, 0.05) is 18.0 Å². The summed E-state index contributed by atoms with van der Waals surface area (Å²) in [5.74, 6) is 0. The normalized spacial score (nSPS) is 18.7. The molecule has 2 heterocycles. The third-order valence-corrected chi connectivity index (χ3v) is 4.66. The van der Waals surface area contributed by atoms with Crippen molar-refractivity contribution in [2.24, 2.45) is 0 Å². The predicted molar refractivity (Wildman–Crippen MR) is 81.4 cm³/mol. The topological polar surface area (TPSA) is 36.3 Å². The number of hydrogen-bond acceptors (Lipinski definition) is 4. The largest absolute Gasteiger partial charge is 0.418 e. The molecule has 1 saturated heterocycles. The minimum absolute atomic E-state index is 0.0430. The van der Waals surface area contributed by atoms with E-state index in [0.29, 0.717) is 19.7 Å². The summed E-state index contributed by atoms with van der Waals surface area (Å²) < 4.78 is 45.5. The Balaban J connectivity index is 1.95. The Morgan fingerprint density at radius 1 is 1.30 bits per heavy atom. The molecule has 0 amide bonds. The minimum atomic E-state index is -4.46. The van der Waals surface area contributed by atoms with Gasteiger partial charge in [0.25, 0.3) is 0 Å². The smallest absolute Gasteiger partial charge is 0.369 e. The number of ether oxygens (including phenoxy) is 1. The van der Waals surface area contributed by atoms with Gasteiger partial charge in [0.1, 0.15) is 6.10 Å². The lowest BCUT2D eigenvalue weighted by atomic mass is 10.1. The Labute approximate surface area is 135 Å². The highest BCUT2D eigenvalue weighted by atomic mass is 32.1. The van der Waals surface area contributed by atoms with Crippen LogP contribution in [0.25, 0.3) is 0 Å². The lowest BCUT2D eigenvalue weighted by Crippen LogP contribution is -2.39. The lowest BCUT2D eigenvalue weighted by molar-refractivity contribution is -0.137. The number of nitrogens with zero attached hydrogens (tertiary/aromatic N) is 2. The molecule has 1 aliphatic heterocycles. The highest BCUT2D eigenvalue weighted by Crippen LogP contribution is 2.39. The Morgan fingerprint density at radius 2 is 2.13 bits per heavy atom. The second kappa shape index (κ2) is 6.22. The summed E-state index contributed by atoms with van der Waals surface area (Å²) >= 11 is 1.52. The number of benzene rings is 1. The number of morpholine rings is 1. The van der Waals surface area contributed by atoms with Gasteiger partial charge in [-0.3, -0.25) is 0 Å². The first-order chi connectivity index (χ1) is 11.0. The fourth-order valence-corrected chi connectivity index (χ4v) is 3.38. The average Bonchev–Trinajstić information content (AvgIpc) is 3.08. The van der Waals surface area contributed by atoms with Crippen LogP contribution in [0, 0.1) is 11.3 Å². The van der Waals surface area contributed by atoms with Crippen molar-refractivity contribution in [2.75, 3.05) is 24.6 Å². The van der Waals surface area contributed by atoms with Crippen molar-refractivity contribution in [3.63, 3.8) is 0 Å². The van der Waals surface area contributed by atoms with Crippen molar-refractivity contribution in [3.05, 3.63) is 51.7 Å². The van der Waals surface area contributed by atoms with Gasteiger partial charge in [-0.2, -0.15) is 18.4 Å². The van der Waals surface area contributed by atoms with Crippen LogP contribution in [0.4, 0.5) is 18.9 Å². The molecule has 1 aromatic heterocycles. The van der Waals surface area contributed by atoms with Gasteiger partial charge >= 0.3 is 6.18 Å². The van der Waals surface area contributed by atoms with Crippen LogP contribution in [0.1, 0.15) is 22.1 Å². The number of rotatable bonds is 2. The van der Waals surface area contributed by atoms with E-state index in [-0.39, 0.29) is 17.4 Å². The quantitative estimate of drug-likeness (QED) is 0.823. The van der Waals surface area contributed by atoms with E-state index in [9.17, 15) is 13.2 Å². The molecule has 7 heteroatoms. The van der Waals surface area contributed by atoms with Crippen LogP contribution in [-0.4, -0.2) is 19.7 Å². The lowest BCUT2D eigenvalue weighted by Gasteiger charge is -2.35. The molecule has 0 radical (unpaired) electrons. The Morgan fingerprint density at radius 3 is 2.78 bits per heavy atom. The van der Waals surface area contributed by atoms with Crippen LogP contribution in [0.2, 0.25) is 0 Å². The van der Waals surface area contributed by atoms with Crippen molar-refractivity contribution >= 4 is 17.0 Å². The fraction of sp³-hybridized carbons (Fsp3) is 0.312. The van der Waals surface area contributed by atoms with E-state index in [1.807, 2.05) is 23.6 Å². The van der Waals surface area contributed by atoms with Gasteiger partial charge in [0.2, 0.25) is 0 Å². The number of alkyl halides is 3. The molecule has 3 rings (SSSR count). The van der Waals surface area contributed by atoms with Crippen LogP contribution < -0.4 is 4.90 Å². The van der Waals surface area contributed by atoms with Crippen LogP contribution in [-0.2, 0) is 10.9 Å². The van der Waals surface area contributed by atoms with Crippen LogP contribution >= 0.6 is 11.3 Å². The van der Waals surface area contributed by atoms with E-state index < -0.39 is 11.7 Å². The first-order valence-corrected chi connectivity index (χ1v) is 7.88. The number of hydrogen-bond donors (Lipinski definition) is 0. The molecule has 1 unspecified atom stereocenters. The fourth-order valence-electron chi connectivity index (χ4n) is 2.62. The summed E-state index contributed by atoms with van der Waals surface area (Å²) in [6.07, 6.45) is -4.71. The Bertz CT molecular complexity index is 722. The number of thiophene rings is 1. The van der Waals surface area contributed by atoms with Crippen molar-refractivity contribution in [1.29, 1.82) is 5.26 Å². The molecule has 23 heavy (non-hydrogen) atoms. The first-order valence-electron chi connectivity index (χ1n) is 7.00. The van der Waals surface area contributed by atoms with E-state index in [1.165, 1.54) is 23.5 Å². The van der Waals surface area contributed by atoms with Crippen molar-refractivity contribution in [3.8, 4) is 6.07 Å². The Hall–Kier alpha value is -2.04. The maximum Gasteiger partial charge on any atom is 0.418 e. The molecule has 1 atom stereocenters.